The predicted octanol–water partition coefficient (Wildman–Crippen LogP) is -0.991. The number of thioether (sulfide) groups is 1. The van der Waals surface area contributed by atoms with E-state index in [2.05, 4.69) is 26.3 Å². The summed E-state index contributed by atoms with van der Waals surface area (Å²) in [5.41, 5.74) is 9.17. The number of rotatable bonds is 10. The van der Waals surface area contributed by atoms with E-state index in [1.54, 1.807) is 0 Å². The molecule has 0 aliphatic carbocycles. The van der Waals surface area contributed by atoms with Crippen molar-refractivity contribution in [2.45, 2.75) is 31.4 Å². The number of hydrogen-bond acceptors (Lipinski definition) is 15. The number of β-lactam (4-membered cyclic amide) rings is 1. The minimum absolute atomic E-state index is 0.0437. The molecule has 4 rings (SSSR count). The molecule has 1 aromatic carbocycles. The van der Waals surface area contributed by atoms with Gasteiger partial charge in [-0.2, -0.15) is 0 Å². The number of esters is 1. The van der Waals surface area contributed by atoms with Crippen molar-refractivity contribution in [1.29, 1.82) is 0 Å². The number of phenols is 2. The van der Waals surface area contributed by atoms with Gasteiger partial charge < -0.3 is 35.9 Å². The molecular formula is C25H25N7O11S2. The van der Waals surface area contributed by atoms with Gasteiger partial charge in [-0.15, -0.1) is 23.1 Å². The molecule has 2 unspecified atom stereocenters. The molecular weight excluding hydrogens is 638 g/mol. The Morgan fingerprint density at radius 2 is 1.93 bits per heavy atom. The Bertz CT molecular complexity index is 1640. The highest BCUT2D eigenvalue weighted by molar-refractivity contribution is 8.00. The lowest BCUT2D eigenvalue weighted by atomic mass is 10.0. The van der Waals surface area contributed by atoms with Gasteiger partial charge in [0.15, 0.2) is 22.3 Å². The second-order valence-corrected chi connectivity index (χ2v) is 11.3. The quantitative estimate of drug-likeness (QED) is 0.0529. The molecule has 45 heavy (non-hydrogen) atoms. The van der Waals surface area contributed by atoms with Crippen LogP contribution < -0.4 is 21.9 Å². The fourth-order valence-electron chi connectivity index (χ4n) is 3.93. The zero-order chi connectivity index (χ0) is 33.0. The van der Waals surface area contributed by atoms with Crippen molar-refractivity contribution >= 4 is 69.5 Å². The average molecular weight is 664 g/mol. The summed E-state index contributed by atoms with van der Waals surface area (Å²) in [4.78, 5) is 84.3. The Morgan fingerprint density at radius 3 is 2.56 bits per heavy atom. The molecule has 20 heteroatoms. The van der Waals surface area contributed by atoms with Crippen LogP contribution in [0.2, 0.25) is 0 Å². The Hall–Kier alpha value is -5.37. The number of nitrogens with two attached hydrogens (primary N) is 1. The largest absolute Gasteiger partial charge is 0.504 e. The number of thiazole rings is 1. The molecule has 0 spiro atoms. The number of benzene rings is 1. The smallest absolute Gasteiger partial charge is 0.352 e. The highest BCUT2D eigenvalue weighted by atomic mass is 32.2. The van der Waals surface area contributed by atoms with Gasteiger partial charge in [0.1, 0.15) is 29.4 Å². The van der Waals surface area contributed by atoms with Gasteiger partial charge in [0.25, 0.3) is 23.6 Å². The molecule has 238 valence electrons. The molecule has 8 N–H and O–H groups in total. The van der Waals surface area contributed by atoms with E-state index >= 15 is 0 Å². The Labute approximate surface area is 261 Å². The fraction of sp³-hybridized carbons (Fsp3) is 0.280. The van der Waals surface area contributed by atoms with E-state index < -0.39 is 70.3 Å². The van der Waals surface area contributed by atoms with E-state index in [9.17, 15) is 44.1 Å². The first kappa shape index (κ1) is 32.5. The number of nitrogens with one attached hydrogen (secondary N) is 3. The van der Waals surface area contributed by atoms with Crippen LogP contribution in [-0.4, -0.2) is 96.4 Å². The molecule has 1 saturated heterocycles. The number of fused-ring (bicyclic) bond motifs is 1. The standard InChI is InChI=1S/C25H25N7O11S2/c1-9(19(36)29-30-20(37)11-3-4-14(34)15(35)5-11)43-31-16(13-8-45-25(26)27-13)21(38)28-17-22(39)32-18(24(40)41)12(6-42-10(2)33)7-44-23(17)32/h3-5,8-9,17,23,34-35H,6-7H2,1-2H3,(H2,26,27)(H,28,38)(H,29,36)(H,30,37)(H,40,41)/t9?,17?,23-/m0/s1. The molecule has 2 aromatic rings. The van der Waals surface area contributed by atoms with E-state index in [4.69, 9.17) is 15.3 Å². The number of anilines is 1. The highest BCUT2D eigenvalue weighted by Gasteiger charge is 2.54. The lowest BCUT2D eigenvalue weighted by Gasteiger charge is -2.49. The van der Waals surface area contributed by atoms with Crippen LogP contribution in [0.1, 0.15) is 29.9 Å². The summed E-state index contributed by atoms with van der Waals surface area (Å²) in [5, 5.41) is 35.5. The van der Waals surface area contributed by atoms with Crippen molar-refractivity contribution in [3.05, 3.63) is 46.1 Å². The van der Waals surface area contributed by atoms with Crippen molar-refractivity contribution in [1.82, 2.24) is 26.1 Å². The van der Waals surface area contributed by atoms with Gasteiger partial charge in [0, 0.05) is 29.2 Å². The van der Waals surface area contributed by atoms with Crippen LogP contribution in [0.3, 0.4) is 0 Å². The molecule has 4 amide bonds. The van der Waals surface area contributed by atoms with Crippen LogP contribution >= 0.6 is 23.1 Å². The lowest BCUT2D eigenvalue weighted by Crippen LogP contribution is -2.71. The fourth-order valence-corrected chi connectivity index (χ4v) is 5.81. The number of nitrogen functional groups attached to an aromatic ring is 1. The number of aromatic nitrogens is 1. The maximum Gasteiger partial charge on any atom is 0.352 e. The predicted molar refractivity (Wildman–Crippen MR) is 155 cm³/mol. The lowest BCUT2D eigenvalue weighted by molar-refractivity contribution is -0.150. The van der Waals surface area contributed by atoms with Gasteiger partial charge in [0.2, 0.25) is 6.10 Å². The number of aromatic hydroxyl groups is 2. The van der Waals surface area contributed by atoms with Gasteiger partial charge in [-0.1, -0.05) is 5.16 Å². The maximum atomic E-state index is 13.3. The van der Waals surface area contributed by atoms with Crippen LogP contribution in [0.15, 0.2) is 40.0 Å². The maximum absolute atomic E-state index is 13.3. The number of carboxylic acids is 1. The second kappa shape index (κ2) is 13.5. The van der Waals surface area contributed by atoms with Gasteiger partial charge in [0.05, 0.1) is 0 Å². The third-order valence-electron chi connectivity index (χ3n) is 6.17. The van der Waals surface area contributed by atoms with E-state index in [0.29, 0.717) is 0 Å². The number of phenolic OH excluding ortho intramolecular Hbond substituents is 2. The topological polar surface area (TPSA) is 272 Å². The molecule has 0 bridgehead atoms. The monoisotopic (exact) mass is 663 g/mol. The first-order valence-electron chi connectivity index (χ1n) is 12.7. The first-order chi connectivity index (χ1) is 21.3. The molecule has 2 aliphatic heterocycles. The minimum Gasteiger partial charge on any atom is -0.504 e. The van der Waals surface area contributed by atoms with Crippen molar-refractivity contribution < 1.29 is 53.7 Å². The summed E-state index contributed by atoms with van der Waals surface area (Å²) in [6, 6.07) is 2.09. The number of hydrazine groups is 1. The number of carboxylic acid groups (broad SMARTS) is 1. The van der Waals surface area contributed by atoms with Crippen LogP contribution in [0.4, 0.5) is 5.13 Å². The van der Waals surface area contributed by atoms with Crippen LogP contribution in [0, 0.1) is 0 Å². The zero-order valence-corrected chi connectivity index (χ0v) is 24.9. The number of aliphatic carboxylic acids is 1. The van der Waals surface area contributed by atoms with Gasteiger partial charge in [-0.05, 0) is 25.1 Å². The molecule has 0 radical (unpaired) electrons. The number of amides is 4. The van der Waals surface area contributed by atoms with E-state index in [0.717, 1.165) is 47.1 Å². The number of oxime groups is 1. The third-order valence-corrected chi connectivity index (χ3v) is 8.19. The van der Waals surface area contributed by atoms with Gasteiger partial charge in [-0.3, -0.25) is 39.7 Å². The zero-order valence-electron chi connectivity index (χ0n) is 23.3. The summed E-state index contributed by atoms with van der Waals surface area (Å²) >= 11 is 2.12. The van der Waals surface area contributed by atoms with Gasteiger partial charge >= 0.3 is 11.9 Å². The molecule has 3 heterocycles. The highest BCUT2D eigenvalue weighted by Crippen LogP contribution is 2.40. The molecule has 1 aromatic heterocycles. The van der Waals surface area contributed by atoms with Crippen molar-refractivity contribution in [2.75, 3.05) is 18.1 Å². The Balaban J connectivity index is 1.43. The summed E-state index contributed by atoms with van der Waals surface area (Å²) in [7, 11) is 0. The Kier molecular flexibility index (Phi) is 9.77. The number of nitrogens with zero attached hydrogens (tertiary/aromatic N) is 3. The van der Waals surface area contributed by atoms with Crippen molar-refractivity contribution in [3.8, 4) is 11.5 Å². The summed E-state index contributed by atoms with van der Waals surface area (Å²) in [6.45, 7) is 2.10. The SMILES string of the molecule is CC(=O)OCC1=C(C(=O)O)N2C(=O)C(NC(=O)C(=NOC(C)C(=O)NNC(=O)c3ccc(O)c(O)c3)c3csc(N)n3)[C@@H]2SC1. The number of ether oxygens (including phenoxy) is 1. The summed E-state index contributed by atoms with van der Waals surface area (Å²) in [6.07, 6.45) is -1.38. The van der Waals surface area contributed by atoms with Crippen LogP contribution in [0.5, 0.6) is 11.5 Å². The van der Waals surface area contributed by atoms with Crippen molar-refractivity contribution in [3.63, 3.8) is 0 Å². The molecule has 18 nitrogen and oxygen atoms in total. The van der Waals surface area contributed by atoms with Crippen molar-refractivity contribution in [2.24, 2.45) is 5.16 Å². The minimum atomic E-state index is -1.40. The normalized spacial score (nSPS) is 18.2. The molecule has 2 aliphatic rings. The van der Waals surface area contributed by atoms with Gasteiger partial charge in [-0.25, -0.2) is 9.78 Å². The number of carbonyl (C=O) groups excluding carboxylic acids is 5. The van der Waals surface area contributed by atoms with E-state index in [1.165, 1.54) is 18.4 Å². The first-order valence-corrected chi connectivity index (χ1v) is 14.6. The van der Waals surface area contributed by atoms with Crippen LogP contribution in [0.25, 0.3) is 0 Å². The molecule has 3 atom stereocenters. The second-order valence-electron chi connectivity index (χ2n) is 9.30. The third kappa shape index (κ3) is 7.24. The Morgan fingerprint density at radius 1 is 1.20 bits per heavy atom. The summed E-state index contributed by atoms with van der Waals surface area (Å²) in [5.74, 6) is -6.31. The molecule has 0 saturated carbocycles. The molecule has 1 fully saturated rings. The van der Waals surface area contributed by atoms with E-state index in [1.807, 2.05) is 0 Å². The summed E-state index contributed by atoms with van der Waals surface area (Å²) < 4.78 is 4.90. The average Bonchev–Trinajstić information content (AvgIpc) is 3.43. The number of carbonyl (C=O) groups is 6. The van der Waals surface area contributed by atoms with E-state index in [-0.39, 0.29) is 40.0 Å². The number of hydrogen-bond donors (Lipinski definition) is 7. The van der Waals surface area contributed by atoms with Crippen LogP contribution in [-0.2, 0) is 33.5 Å².